The molecule has 3 heterocycles. The van der Waals surface area contributed by atoms with Gasteiger partial charge in [-0.15, -0.1) is 0 Å². The molecule has 2 aromatic heterocycles. The van der Waals surface area contributed by atoms with Gasteiger partial charge in [0.25, 0.3) is 0 Å². The highest BCUT2D eigenvalue weighted by molar-refractivity contribution is 5.53. The zero-order valence-corrected chi connectivity index (χ0v) is 9.60. The molecular weight excluding hydrogens is 214 g/mol. The van der Waals surface area contributed by atoms with Gasteiger partial charge in [-0.05, 0) is 31.5 Å². The van der Waals surface area contributed by atoms with Crippen molar-refractivity contribution in [3.63, 3.8) is 0 Å². The average Bonchev–Trinajstić information content (AvgIpc) is 2.90. The van der Waals surface area contributed by atoms with Crippen molar-refractivity contribution in [2.75, 3.05) is 6.54 Å². The van der Waals surface area contributed by atoms with Gasteiger partial charge in [-0.3, -0.25) is 4.98 Å². The first kappa shape index (κ1) is 10.5. The van der Waals surface area contributed by atoms with Crippen LogP contribution in [-0.4, -0.2) is 16.7 Å². The van der Waals surface area contributed by atoms with E-state index in [0.29, 0.717) is 6.04 Å². The fourth-order valence-electron chi connectivity index (χ4n) is 2.18. The van der Waals surface area contributed by atoms with Crippen molar-refractivity contribution in [1.82, 2.24) is 15.5 Å². The third-order valence-electron chi connectivity index (χ3n) is 3.11. The Morgan fingerprint density at radius 3 is 3.00 bits per heavy atom. The van der Waals surface area contributed by atoms with Crippen molar-refractivity contribution in [3.05, 3.63) is 36.2 Å². The minimum absolute atomic E-state index is 0.314. The number of rotatable bonds is 2. The average molecular weight is 229 g/mol. The summed E-state index contributed by atoms with van der Waals surface area (Å²) in [4.78, 5) is 4.26. The Morgan fingerprint density at radius 2 is 2.24 bits per heavy atom. The maximum Gasteiger partial charge on any atom is 0.154 e. The van der Waals surface area contributed by atoms with Crippen molar-refractivity contribution < 1.29 is 4.52 Å². The highest BCUT2D eigenvalue weighted by Gasteiger charge is 2.19. The van der Waals surface area contributed by atoms with Crippen LogP contribution in [0.3, 0.4) is 0 Å². The quantitative estimate of drug-likeness (QED) is 0.859. The predicted octanol–water partition coefficient (Wildman–Crippen LogP) is 2.55. The molecule has 0 spiro atoms. The second-order valence-corrected chi connectivity index (χ2v) is 4.33. The zero-order chi connectivity index (χ0) is 11.5. The van der Waals surface area contributed by atoms with Crippen molar-refractivity contribution in [2.45, 2.75) is 25.3 Å². The monoisotopic (exact) mass is 229 g/mol. The highest BCUT2D eigenvalue weighted by atomic mass is 16.5. The van der Waals surface area contributed by atoms with Crippen molar-refractivity contribution in [3.8, 4) is 11.4 Å². The molecule has 1 saturated heterocycles. The van der Waals surface area contributed by atoms with Crippen LogP contribution in [0.5, 0.6) is 0 Å². The molecule has 1 atom stereocenters. The molecule has 4 nitrogen and oxygen atoms in total. The molecule has 0 amide bonds. The van der Waals surface area contributed by atoms with E-state index in [0.717, 1.165) is 30.1 Å². The highest BCUT2D eigenvalue weighted by Crippen LogP contribution is 2.26. The zero-order valence-electron chi connectivity index (χ0n) is 9.60. The molecule has 1 unspecified atom stereocenters. The lowest BCUT2D eigenvalue weighted by Crippen LogP contribution is -2.26. The lowest BCUT2D eigenvalue weighted by atomic mass is 10.0. The van der Waals surface area contributed by atoms with Gasteiger partial charge in [0.2, 0.25) is 0 Å². The molecule has 2 aromatic rings. The number of piperidine rings is 1. The third-order valence-corrected chi connectivity index (χ3v) is 3.11. The van der Waals surface area contributed by atoms with E-state index >= 15 is 0 Å². The van der Waals surface area contributed by atoms with E-state index in [1.165, 1.54) is 12.8 Å². The van der Waals surface area contributed by atoms with Crippen LogP contribution < -0.4 is 5.32 Å². The van der Waals surface area contributed by atoms with Crippen LogP contribution in [0.4, 0.5) is 0 Å². The molecule has 1 fully saturated rings. The maximum atomic E-state index is 5.41. The first-order valence-electron chi connectivity index (χ1n) is 6.05. The number of pyridine rings is 1. The fraction of sp³-hybridized carbons (Fsp3) is 0.385. The van der Waals surface area contributed by atoms with Crippen LogP contribution in [0.15, 0.2) is 35.0 Å². The minimum Gasteiger partial charge on any atom is -0.359 e. The molecule has 1 aliphatic rings. The molecule has 1 N–H and O–H groups in total. The Balaban J connectivity index is 1.83. The molecule has 0 bridgehead atoms. The number of nitrogens with one attached hydrogen (secondary N) is 1. The van der Waals surface area contributed by atoms with Crippen LogP contribution >= 0.6 is 0 Å². The summed E-state index contributed by atoms with van der Waals surface area (Å²) < 4.78 is 5.41. The van der Waals surface area contributed by atoms with E-state index in [-0.39, 0.29) is 0 Å². The van der Waals surface area contributed by atoms with Gasteiger partial charge in [0.1, 0.15) is 5.69 Å². The Labute approximate surface area is 100 Å². The van der Waals surface area contributed by atoms with Gasteiger partial charge in [0.15, 0.2) is 5.76 Å². The molecule has 0 saturated carbocycles. The largest absolute Gasteiger partial charge is 0.359 e. The fourth-order valence-corrected chi connectivity index (χ4v) is 2.18. The number of hydrogen-bond donors (Lipinski definition) is 1. The van der Waals surface area contributed by atoms with Crippen molar-refractivity contribution in [1.29, 1.82) is 0 Å². The van der Waals surface area contributed by atoms with Gasteiger partial charge in [-0.1, -0.05) is 17.6 Å². The second-order valence-electron chi connectivity index (χ2n) is 4.33. The summed E-state index contributed by atoms with van der Waals surface area (Å²) in [5.41, 5.74) is 1.67. The summed E-state index contributed by atoms with van der Waals surface area (Å²) >= 11 is 0. The molecule has 0 radical (unpaired) electrons. The summed E-state index contributed by atoms with van der Waals surface area (Å²) in [5.74, 6) is 0.922. The number of hydrogen-bond acceptors (Lipinski definition) is 4. The summed E-state index contributed by atoms with van der Waals surface area (Å²) in [7, 11) is 0. The molecule has 4 heteroatoms. The standard InChI is InChI=1S/C13H15N3O/c1-3-7-14-10(5-1)12-9-13(17-16-12)11-6-2-4-8-15-11/h1,3,5,7,9,11,15H,2,4,6,8H2. The van der Waals surface area contributed by atoms with Gasteiger partial charge in [0.05, 0.1) is 11.7 Å². The lowest BCUT2D eigenvalue weighted by Gasteiger charge is -2.20. The summed E-state index contributed by atoms with van der Waals surface area (Å²) in [5, 5.41) is 7.53. The first-order valence-corrected chi connectivity index (χ1v) is 6.05. The molecule has 1 aliphatic heterocycles. The van der Waals surface area contributed by atoms with E-state index in [4.69, 9.17) is 4.52 Å². The third kappa shape index (κ3) is 2.22. The normalized spacial score (nSPS) is 20.4. The Bertz CT molecular complexity index is 474. The van der Waals surface area contributed by atoms with Crippen LogP contribution in [0.25, 0.3) is 11.4 Å². The van der Waals surface area contributed by atoms with E-state index in [1.54, 1.807) is 6.20 Å². The SMILES string of the molecule is c1ccc(-c2cc(C3CCCCN3)on2)nc1. The van der Waals surface area contributed by atoms with Crippen LogP contribution in [0.1, 0.15) is 31.1 Å². The second kappa shape index (κ2) is 4.67. The Kier molecular flexibility index (Phi) is 2.88. The molecule has 17 heavy (non-hydrogen) atoms. The Hall–Kier alpha value is -1.68. The number of aromatic nitrogens is 2. The topological polar surface area (TPSA) is 51.0 Å². The van der Waals surface area contributed by atoms with E-state index in [9.17, 15) is 0 Å². The maximum absolute atomic E-state index is 5.41. The van der Waals surface area contributed by atoms with Crippen LogP contribution in [0, 0.1) is 0 Å². The van der Waals surface area contributed by atoms with Gasteiger partial charge in [0, 0.05) is 12.3 Å². The van der Waals surface area contributed by atoms with Gasteiger partial charge < -0.3 is 9.84 Å². The molecule has 88 valence electrons. The summed E-state index contributed by atoms with van der Waals surface area (Å²) in [6.45, 7) is 1.06. The van der Waals surface area contributed by atoms with Crippen LogP contribution in [-0.2, 0) is 0 Å². The van der Waals surface area contributed by atoms with Gasteiger partial charge >= 0.3 is 0 Å². The van der Waals surface area contributed by atoms with Crippen molar-refractivity contribution >= 4 is 0 Å². The molecular formula is C13H15N3O. The summed E-state index contributed by atoms with van der Waals surface area (Å²) in [6.07, 6.45) is 5.38. The van der Waals surface area contributed by atoms with E-state index in [1.807, 2.05) is 24.3 Å². The summed E-state index contributed by atoms with van der Waals surface area (Å²) in [6, 6.07) is 8.10. The Morgan fingerprint density at radius 1 is 1.24 bits per heavy atom. The minimum atomic E-state index is 0.314. The first-order chi connectivity index (χ1) is 8.43. The molecule has 0 aliphatic carbocycles. The van der Waals surface area contributed by atoms with Gasteiger partial charge in [-0.2, -0.15) is 0 Å². The smallest absolute Gasteiger partial charge is 0.154 e. The molecule has 3 rings (SSSR count). The van der Waals surface area contributed by atoms with Crippen molar-refractivity contribution in [2.24, 2.45) is 0 Å². The molecule has 0 aromatic carbocycles. The van der Waals surface area contributed by atoms with E-state index in [2.05, 4.69) is 15.5 Å². The van der Waals surface area contributed by atoms with Crippen LogP contribution in [0.2, 0.25) is 0 Å². The van der Waals surface area contributed by atoms with Gasteiger partial charge in [-0.25, -0.2) is 0 Å². The number of nitrogens with zero attached hydrogens (tertiary/aromatic N) is 2. The predicted molar refractivity (Wildman–Crippen MR) is 64.3 cm³/mol. The lowest BCUT2D eigenvalue weighted by molar-refractivity contribution is 0.305. The van der Waals surface area contributed by atoms with E-state index < -0.39 is 0 Å².